The summed E-state index contributed by atoms with van der Waals surface area (Å²) in [6.07, 6.45) is 2.56. The Bertz CT molecular complexity index is 461. The van der Waals surface area contributed by atoms with E-state index in [0.717, 1.165) is 18.4 Å². The summed E-state index contributed by atoms with van der Waals surface area (Å²) >= 11 is 0. The minimum atomic E-state index is -2.21. The van der Waals surface area contributed by atoms with Crippen molar-refractivity contribution < 1.29 is 18.6 Å². The average molecular weight is 326 g/mol. The largest absolute Gasteiger partial charge is 0.435 e. The van der Waals surface area contributed by atoms with E-state index >= 15 is 0 Å². The van der Waals surface area contributed by atoms with Crippen LogP contribution in [0.25, 0.3) is 0 Å². The smallest absolute Gasteiger partial charge is 0.307 e. The predicted octanol–water partition coefficient (Wildman–Crippen LogP) is 4.44. The molecule has 3 atom stereocenters. The highest BCUT2D eigenvalue weighted by Gasteiger charge is 2.19. The van der Waals surface area contributed by atoms with Gasteiger partial charge in [0, 0.05) is 19.0 Å². The second-order valence-electron chi connectivity index (χ2n) is 5.55. The number of carbonyl (C=O) groups is 1. The third-order valence-corrected chi connectivity index (χ3v) is 4.91. The first-order valence-corrected chi connectivity index (χ1v) is 9.50. The zero-order chi connectivity index (χ0) is 16.4. The number of esters is 1. The Kier molecular flexibility index (Phi) is 9.10. The minimum Gasteiger partial charge on any atom is -0.435 e. The van der Waals surface area contributed by atoms with Gasteiger partial charge in [-0.1, -0.05) is 63.9 Å². The summed E-state index contributed by atoms with van der Waals surface area (Å²) in [7, 11) is -2.21. The topological polar surface area (TPSA) is 52.6 Å². The molecule has 0 saturated carbocycles. The number of ether oxygens (including phenoxy) is 1. The lowest BCUT2D eigenvalue weighted by atomic mass is 10.1. The zero-order valence-electron chi connectivity index (χ0n) is 13.7. The Labute approximate surface area is 134 Å². The summed E-state index contributed by atoms with van der Waals surface area (Å²) in [4.78, 5) is 11.5. The summed E-state index contributed by atoms with van der Waals surface area (Å²) in [6, 6.07) is 9.63. The predicted molar refractivity (Wildman–Crippen MR) is 89.3 cm³/mol. The monoisotopic (exact) mass is 326 g/mol. The molecule has 1 rings (SSSR count). The molecule has 1 aromatic carbocycles. The van der Waals surface area contributed by atoms with Crippen molar-refractivity contribution in [2.24, 2.45) is 5.92 Å². The minimum absolute atomic E-state index is 0.280. The molecular weight excluding hydrogens is 299 g/mol. The molecule has 1 aromatic rings. The molecule has 0 amide bonds. The van der Waals surface area contributed by atoms with Gasteiger partial charge in [0.2, 0.25) is 6.29 Å². The van der Waals surface area contributed by atoms with Crippen molar-refractivity contribution in [1.29, 1.82) is 0 Å². The molecular formula is C17H27O4P. The molecule has 0 spiro atoms. The van der Waals surface area contributed by atoms with Crippen molar-refractivity contribution in [3.63, 3.8) is 0 Å². The molecule has 22 heavy (non-hydrogen) atoms. The first kappa shape index (κ1) is 18.9. The van der Waals surface area contributed by atoms with Crippen LogP contribution < -0.4 is 0 Å². The maximum absolute atomic E-state index is 12.2. The van der Waals surface area contributed by atoms with Crippen molar-refractivity contribution in [2.45, 2.75) is 52.7 Å². The number of benzene rings is 1. The first-order valence-electron chi connectivity index (χ1n) is 7.98. The quantitative estimate of drug-likeness (QED) is 0.362. The van der Waals surface area contributed by atoms with Gasteiger partial charge in [0.25, 0.3) is 0 Å². The van der Waals surface area contributed by atoms with Crippen LogP contribution in [-0.4, -0.2) is 18.4 Å². The maximum atomic E-state index is 12.2. The molecule has 3 unspecified atom stereocenters. The van der Waals surface area contributed by atoms with Crippen LogP contribution in [0.5, 0.6) is 0 Å². The summed E-state index contributed by atoms with van der Waals surface area (Å²) in [5.74, 6) is 0.0213. The third-order valence-electron chi connectivity index (χ3n) is 3.36. The van der Waals surface area contributed by atoms with Crippen molar-refractivity contribution in [3.05, 3.63) is 35.9 Å². The molecule has 4 nitrogen and oxygen atoms in total. The first-order chi connectivity index (χ1) is 10.5. The van der Waals surface area contributed by atoms with Crippen LogP contribution in [-0.2, 0) is 25.0 Å². The van der Waals surface area contributed by atoms with E-state index in [9.17, 15) is 9.36 Å². The van der Waals surface area contributed by atoms with Gasteiger partial charge >= 0.3 is 5.97 Å². The van der Waals surface area contributed by atoms with E-state index < -0.39 is 14.3 Å². The van der Waals surface area contributed by atoms with E-state index in [1.54, 1.807) is 6.92 Å². The van der Waals surface area contributed by atoms with Crippen LogP contribution in [0.2, 0.25) is 0 Å². The number of rotatable bonds is 10. The van der Waals surface area contributed by atoms with Crippen molar-refractivity contribution in [2.75, 3.05) is 6.16 Å². The Hall–Kier alpha value is -1.12. The van der Waals surface area contributed by atoms with Gasteiger partial charge in [-0.25, -0.2) is 0 Å². The Morgan fingerprint density at radius 1 is 1.23 bits per heavy atom. The van der Waals surface area contributed by atoms with Crippen LogP contribution in [0.4, 0.5) is 0 Å². The molecule has 0 saturated heterocycles. The summed E-state index contributed by atoms with van der Waals surface area (Å²) in [5, 5.41) is 0. The molecule has 0 aromatic heterocycles. The molecule has 0 N–H and O–H groups in total. The van der Waals surface area contributed by atoms with Crippen LogP contribution in [0.1, 0.15) is 45.6 Å². The summed E-state index contributed by atoms with van der Waals surface area (Å²) in [5.41, 5.74) is 0.993. The van der Waals surface area contributed by atoms with Gasteiger partial charge < -0.3 is 4.74 Å². The molecule has 0 heterocycles. The lowest BCUT2D eigenvalue weighted by Gasteiger charge is -2.19. The van der Waals surface area contributed by atoms with Crippen LogP contribution in [0.3, 0.4) is 0 Å². The van der Waals surface area contributed by atoms with Gasteiger partial charge in [-0.05, 0) is 11.5 Å². The lowest BCUT2D eigenvalue weighted by Crippen LogP contribution is -2.21. The van der Waals surface area contributed by atoms with Gasteiger partial charge in [-0.3, -0.25) is 13.9 Å². The molecule has 0 aliphatic carbocycles. The number of hydrogen-bond donors (Lipinski definition) is 0. The Balaban J connectivity index is 2.61. The Morgan fingerprint density at radius 3 is 2.50 bits per heavy atom. The molecule has 0 bridgehead atoms. The van der Waals surface area contributed by atoms with Gasteiger partial charge in [0.1, 0.15) is 0 Å². The fourth-order valence-corrected chi connectivity index (χ4v) is 3.51. The number of carbonyl (C=O) groups excluding carboxylic acids is 1. The van der Waals surface area contributed by atoms with Crippen molar-refractivity contribution >= 4 is 14.0 Å². The van der Waals surface area contributed by atoms with Crippen LogP contribution >= 0.6 is 8.03 Å². The van der Waals surface area contributed by atoms with Gasteiger partial charge in [-0.15, -0.1) is 0 Å². The summed E-state index contributed by atoms with van der Waals surface area (Å²) < 4.78 is 23.0. The second-order valence-corrected chi connectivity index (χ2v) is 6.94. The van der Waals surface area contributed by atoms with Crippen LogP contribution in [0.15, 0.2) is 30.3 Å². The fraction of sp³-hybridized carbons (Fsp3) is 0.588. The molecule has 5 heteroatoms. The zero-order valence-corrected chi connectivity index (χ0v) is 14.7. The van der Waals surface area contributed by atoms with E-state index in [0.29, 0.717) is 18.5 Å². The van der Waals surface area contributed by atoms with Gasteiger partial charge in [0.05, 0.1) is 0 Å². The SMILES string of the molecule is CCCC(C)C[PH](=O)OC(Cc1ccccc1)OC(=O)CC. The van der Waals surface area contributed by atoms with E-state index in [1.807, 2.05) is 30.3 Å². The molecule has 0 fully saturated rings. The second kappa shape index (κ2) is 10.6. The molecule has 0 aliphatic rings. The maximum Gasteiger partial charge on any atom is 0.307 e. The summed E-state index contributed by atoms with van der Waals surface area (Å²) in [6.45, 7) is 5.91. The fourth-order valence-electron chi connectivity index (χ4n) is 2.22. The van der Waals surface area contributed by atoms with Gasteiger partial charge in [-0.2, -0.15) is 0 Å². The van der Waals surface area contributed by atoms with E-state index in [-0.39, 0.29) is 12.4 Å². The molecule has 124 valence electrons. The third kappa shape index (κ3) is 7.77. The highest BCUT2D eigenvalue weighted by atomic mass is 31.1. The lowest BCUT2D eigenvalue weighted by molar-refractivity contribution is -0.162. The highest BCUT2D eigenvalue weighted by Crippen LogP contribution is 2.30. The van der Waals surface area contributed by atoms with Crippen molar-refractivity contribution in [1.82, 2.24) is 0 Å². The Morgan fingerprint density at radius 2 is 1.91 bits per heavy atom. The molecule has 0 radical (unpaired) electrons. The standard InChI is InChI=1S/C17H27O4P/c1-4-9-14(3)13-22(19)21-17(20-16(18)5-2)12-15-10-7-6-8-11-15/h6-8,10-11,14,17,22H,4-5,9,12-13H2,1-3H3. The highest BCUT2D eigenvalue weighted by molar-refractivity contribution is 7.39. The normalized spacial score (nSPS) is 15.0. The van der Waals surface area contributed by atoms with Gasteiger partial charge in [0.15, 0.2) is 8.03 Å². The molecule has 0 aliphatic heterocycles. The van der Waals surface area contributed by atoms with Crippen molar-refractivity contribution in [3.8, 4) is 0 Å². The number of hydrogen-bond acceptors (Lipinski definition) is 4. The average Bonchev–Trinajstić information content (AvgIpc) is 2.48. The van der Waals surface area contributed by atoms with E-state index in [4.69, 9.17) is 9.26 Å². The van der Waals surface area contributed by atoms with E-state index in [2.05, 4.69) is 13.8 Å². The van der Waals surface area contributed by atoms with Crippen LogP contribution in [0, 0.1) is 5.92 Å². The van der Waals surface area contributed by atoms with E-state index in [1.165, 1.54) is 0 Å².